The molecule has 40 heavy (non-hydrogen) atoms. The molecular weight excluding hydrogens is 526 g/mol. The summed E-state index contributed by atoms with van der Waals surface area (Å²) in [5.74, 6) is -2.84. The number of phenols is 1. The number of hydrogen-bond acceptors (Lipinski definition) is 12. The van der Waals surface area contributed by atoms with E-state index in [1.54, 1.807) is 0 Å². The average Bonchev–Trinajstić information content (AvgIpc) is 2.92. The Bertz CT molecular complexity index is 1370. The largest absolute Gasteiger partial charge is 0.507 e. The van der Waals surface area contributed by atoms with Gasteiger partial charge in [-0.25, -0.2) is 0 Å². The Morgan fingerprint density at radius 2 is 1.68 bits per heavy atom. The topological polar surface area (TPSA) is 192 Å². The standard InChI is InChI=1S/C28H31NO11/c1-11-22(32)26(36)27(37)28(38-11)40-18-9-17-21(25(35)20(18)13-3-5-29-6-4-13)24(34)19-14(10-30)7-15(39-12(2)31)8-16(19)23(17)33/h7-9,11,13,22,26-30,32,35-37H,3-6,10H2,1-2H3/t11-,22-,26-,27-,28-/m1/s1. The summed E-state index contributed by atoms with van der Waals surface area (Å²) in [6.07, 6.45) is -5.80. The van der Waals surface area contributed by atoms with Crippen LogP contribution in [-0.4, -0.2) is 86.9 Å². The molecule has 2 aromatic carbocycles. The van der Waals surface area contributed by atoms with Gasteiger partial charge in [0.05, 0.1) is 18.3 Å². The first-order valence-electron chi connectivity index (χ1n) is 13.1. The third-order valence-corrected chi connectivity index (χ3v) is 7.67. The molecule has 2 saturated heterocycles. The monoisotopic (exact) mass is 557 g/mol. The summed E-state index contributed by atoms with van der Waals surface area (Å²) in [5, 5.41) is 55.7. The van der Waals surface area contributed by atoms with Crippen molar-refractivity contribution in [1.29, 1.82) is 0 Å². The predicted molar refractivity (Wildman–Crippen MR) is 136 cm³/mol. The zero-order chi connectivity index (χ0) is 28.9. The Kier molecular flexibility index (Phi) is 7.66. The third kappa shape index (κ3) is 4.76. The minimum Gasteiger partial charge on any atom is -0.507 e. The number of rotatable bonds is 5. The third-order valence-electron chi connectivity index (χ3n) is 7.67. The SMILES string of the molecule is CC(=O)Oc1cc(CO)c2c(c1)C(=O)c1cc(O[C@H]3O[C@H](C)[C@@H](O)[C@@H](O)[C@H]3O)c(C3CCNCC3)c(O)c1C2=O. The van der Waals surface area contributed by atoms with E-state index in [-0.39, 0.29) is 50.8 Å². The smallest absolute Gasteiger partial charge is 0.308 e. The van der Waals surface area contributed by atoms with Gasteiger partial charge in [-0.1, -0.05) is 0 Å². The van der Waals surface area contributed by atoms with Gasteiger partial charge in [0.15, 0.2) is 11.6 Å². The van der Waals surface area contributed by atoms with Crippen LogP contribution in [0, 0.1) is 0 Å². The fraction of sp³-hybridized carbons (Fsp3) is 0.464. The van der Waals surface area contributed by atoms with Crippen LogP contribution in [0.1, 0.15) is 75.6 Å². The zero-order valence-electron chi connectivity index (χ0n) is 21.9. The van der Waals surface area contributed by atoms with Gasteiger partial charge in [0.25, 0.3) is 0 Å². The number of piperidine rings is 1. The lowest BCUT2D eigenvalue weighted by Crippen LogP contribution is -2.58. The van der Waals surface area contributed by atoms with E-state index in [1.807, 2.05) is 0 Å². The maximum atomic E-state index is 13.8. The van der Waals surface area contributed by atoms with Crippen LogP contribution in [0.5, 0.6) is 17.2 Å². The second kappa shape index (κ2) is 10.9. The van der Waals surface area contributed by atoms with Crippen LogP contribution < -0.4 is 14.8 Å². The van der Waals surface area contributed by atoms with Crippen LogP contribution in [0.4, 0.5) is 0 Å². The molecule has 0 bridgehead atoms. The summed E-state index contributed by atoms with van der Waals surface area (Å²) < 4.78 is 16.7. The molecular formula is C28H31NO11. The molecule has 0 spiro atoms. The van der Waals surface area contributed by atoms with Crippen molar-refractivity contribution in [3.05, 3.63) is 51.6 Å². The van der Waals surface area contributed by atoms with Crippen molar-refractivity contribution >= 4 is 17.5 Å². The maximum Gasteiger partial charge on any atom is 0.308 e. The van der Waals surface area contributed by atoms with E-state index in [4.69, 9.17) is 14.2 Å². The van der Waals surface area contributed by atoms with Crippen LogP contribution in [0.25, 0.3) is 0 Å². The number of benzene rings is 2. The molecule has 5 atom stereocenters. The second-order valence-corrected chi connectivity index (χ2v) is 10.3. The molecule has 214 valence electrons. The summed E-state index contributed by atoms with van der Waals surface area (Å²) in [7, 11) is 0. The van der Waals surface area contributed by atoms with Gasteiger partial charge in [0.1, 0.15) is 35.6 Å². The number of aliphatic hydroxyl groups is 4. The number of carbonyl (C=O) groups excluding carboxylic acids is 3. The summed E-state index contributed by atoms with van der Waals surface area (Å²) in [4.78, 5) is 39.1. The Labute approximate surface area is 229 Å². The number of esters is 1. The van der Waals surface area contributed by atoms with Gasteiger partial charge in [0.2, 0.25) is 6.29 Å². The van der Waals surface area contributed by atoms with Crippen molar-refractivity contribution in [2.75, 3.05) is 13.1 Å². The quantitative estimate of drug-likeness (QED) is 0.185. The molecule has 0 saturated carbocycles. The normalized spacial score (nSPS) is 26.7. The van der Waals surface area contributed by atoms with E-state index in [1.165, 1.54) is 32.0 Å². The van der Waals surface area contributed by atoms with E-state index >= 15 is 0 Å². The molecule has 12 nitrogen and oxygen atoms in total. The van der Waals surface area contributed by atoms with Crippen molar-refractivity contribution in [3.8, 4) is 17.2 Å². The molecule has 0 amide bonds. The molecule has 1 aliphatic carbocycles. The van der Waals surface area contributed by atoms with Crippen LogP contribution in [0.3, 0.4) is 0 Å². The molecule has 0 aromatic heterocycles. The molecule has 12 heteroatoms. The lowest BCUT2D eigenvalue weighted by Gasteiger charge is -2.39. The fourth-order valence-electron chi connectivity index (χ4n) is 5.65. The lowest BCUT2D eigenvalue weighted by atomic mass is 9.78. The number of ketones is 2. The van der Waals surface area contributed by atoms with Crippen molar-refractivity contribution in [2.24, 2.45) is 0 Å². The van der Waals surface area contributed by atoms with Gasteiger partial charge in [-0.15, -0.1) is 0 Å². The summed E-state index contributed by atoms with van der Waals surface area (Å²) in [5.41, 5.74) is -0.362. The molecule has 0 unspecified atom stereocenters. The number of carbonyl (C=O) groups is 3. The van der Waals surface area contributed by atoms with Crippen molar-refractivity contribution in [1.82, 2.24) is 5.32 Å². The number of nitrogens with one attached hydrogen (secondary N) is 1. The minimum absolute atomic E-state index is 0.0221. The molecule has 2 aromatic rings. The summed E-state index contributed by atoms with van der Waals surface area (Å²) in [6, 6.07) is 3.82. The number of ether oxygens (including phenoxy) is 3. The second-order valence-electron chi connectivity index (χ2n) is 10.3. The molecule has 2 aliphatic heterocycles. The zero-order valence-corrected chi connectivity index (χ0v) is 21.9. The number of hydrogen-bond donors (Lipinski definition) is 6. The van der Waals surface area contributed by atoms with E-state index in [2.05, 4.69) is 5.32 Å². The van der Waals surface area contributed by atoms with Gasteiger partial charge in [-0.2, -0.15) is 0 Å². The first-order chi connectivity index (χ1) is 19.0. The Balaban J connectivity index is 1.66. The van der Waals surface area contributed by atoms with Crippen LogP contribution in [-0.2, 0) is 16.1 Å². The number of phenolic OH excluding ortho intramolecular Hbond substituents is 1. The summed E-state index contributed by atoms with van der Waals surface area (Å²) in [6.45, 7) is 3.27. The van der Waals surface area contributed by atoms with Crippen molar-refractivity contribution in [2.45, 2.75) is 69.9 Å². The minimum atomic E-state index is -1.65. The van der Waals surface area contributed by atoms with Crippen molar-refractivity contribution < 1.29 is 54.1 Å². The Hall–Kier alpha value is -3.39. The molecule has 2 heterocycles. The maximum absolute atomic E-state index is 13.8. The average molecular weight is 558 g/mol. The summed E-state index contributed by atoms with van der Waals surface area (Å²) >= 11 is 0. The molecule has 2 fully saturated rings. The molecule has 5 rings (SSSR count). The Morgan fingerprint density at radius 1 is 1.00 bits per heavy atom. The highest BCUT2D eigenvalue weighted by Crippen LogP contribution is 2.47. The molecule has 6 N–H and O–H groups in total. The van der Waals surface area contributed by atoms with Gasteiger partial charge in [-0.3, -0.25) is 14.4 Å². The highest BCUT2D eigenvalue weighted by molar-refractivity contribution is 6.30. The highest BCUT2D eigenvalue weighted by Gasteiger charge is 2.44. The van der Waals surface area contributed by atoms with Crippen molar-refractivity contribution in [3.63, 3.8) is 0 Å². The van der Waals surface area contributed by atoms with Gasteiger partial charge in [0, 0.05) is 29.2 Å². The Morgan fingerprint density at radius 3 is 2.33 bits per heavy atom. The first kappa shape index (κ1) is 28.1. The molecule has 0 radical (unpaired) electrons. The number of aromatic hydroxyl groups is 1. The van der Waals surface area contributed by atoms with E-state index < -0.39 is 60.6 Å². The van der Waals surface area contributed by atoms with E-state index in [9.17, 15) is 39.9 Å². The fourth-order valence-corrected chi connectivity index (χ4v) is 5.65. The van der Waals surface area contributed by atoms with Gasteiger partial charge >= 0.3 is 5.97 Å². The van der Waals surface area contributed by atoms with Crippen LogP contribution in [0.2, 0.25) is 0 Å². The van der Waals surface area contributed by atoms with Crippen LogP contribution in [0.15, 0.2) is 18.2 Å². The number of fused-ring (bicyclic) bond motifs is 2. The van der Waals surface area contributed by atoms with Gasteiger partial charge < -0.3 is 45.1 Å². The predicted octanol–water partition coefficient (Wildman–Crippen LogP) is 0.259. The highest BCUT2D eigenvalue weighted by atomic mass is 16.7. The van der Waals surface area contributed by atoms with Crippen LogP contribution >= 0.6 is 0 Å². The number of aliphatic hydroxyl groups excluding tert-OH is 4. The van der Waals surface area contributed by atoms with Gasteiger partial charge in [-0.05, 0) is 62.5 Å². The first-order valence-corrected chi connectivity index (χ1v) is 13.1. The van der Waals surface area contributed by atoms with E-state index in [0.29, 0.717) is 25.9 Å². The molecule has 3 aliphatic rings. The lowest BCUT2D eigenvalue weighted by molar-refractivity contribution is -0.268. The van der Waals surface area contributed by atoms with E-state index in [0.717, 1.165) is 0 Å².